The largest absolute Gasteiger partial charge is 0.477 e. The summed E-state index contributed by atoms with van der Waals surface area (Å²) < 4.78 is 5.15. The van der Waals surface area contributed by atoms with Crippen molar-refractivity contribution in [3.05, 3.63) is 41.1 Å². The molecule has 0 aliphatic rings. The van der Waals surface area contributed by atoms with Gasteiger partial charge in [0.15, 0.2) is 5.76 Å². The summed E-state index contributed by atoms with van der Waals surface area (Å²) >= 11 is 0. The van der Waals surface area contributed by atoms with Gasteiger partial charge < -0.3 is 19.8 Å². The van der Waals surface area contributed by atoms with Crippen LogP contribution in [0.3, 0.4) is 0 Å². The Morgan fingerprint density at radius 2 is 2.06 bits per heavy atom. The van der Waals surface area contributed by atoms with E-state index in [4.69, 9.17) is 9.52 Å². The van der Waals surface area contributed by atoms with E-state index in [9.17, 15) is 9.59 Å². The molecule has 0 saturated heterocycles. The normalized spacial score (nSPS) is 10.3. The number of carboxylic acid groups (broad SMARTS) is 1. The minimum Gasteiger partial charge on any atom is -0.477 e. The fraction of sp³-hybridized carbons (Fsp3) is 0.167. The molecule has 0 radical (unpaired) electrons. The van der Waals surface area contributed by atoms with Crippen LogP contribution in [0.15, 0.2) is 22.6 Å². The number of carboxylic acids is 1. The smallest absolute Gasteiger partial charge is 0.354 e. The Morgan fingerprint density at radius 1 is 1.33 bits per heavy atom. The van der Waals surface area contributed by atoms with Gasteiger partial charge in [-0.05, 0) is 32.0 Å². The molecule has 0 bridgehead atoms. The van der Waals surface area contributed by atoms with Gasteiger partial charge in [0.2, 0.25) is 0 Å². The van der Waals surface area contributed by atoms with E-state index in [2.05, 4.69) is 10.3 Å². The molecule has 0 atom stereocenters. The first-order valence-corrected chi connectivity index (χ1v) is 5.28. The number of H-pyrrole nitrogens is 1. The van der Waals surface area contributed by atoms with Gasteiger partial charge in [0.05, 0.1) is 5.69 Å². The number of aromatic nitrogens is 1. The molecule has 0 saturated carbocycles. The van der Waals surface area contributed by atoms with Crippen molar-refractivity contribution in [3.8, 4) is 0 Å². The Kier molecular flexibility index (Phi) is 2.93. The lowest BCUT2D eigenvalue weighted by Crippen LogP contribution is -2.13. The van der Waals surface area contributed by atoms with Crippen LogP contribution < -0.4 is 5.32 Å². The van der Waals surface area contributed by atoms with Crippen LogP contribution in [0.5, 0.6) is 0 Å². The number of nitrogens with one attached hydrogen (secondary N) is 2. The molecule has 0 spiro atoms. The number of carbonyl (C=O) groups is 2. The van der Waals surface area contributed by atoms with Gasteiger partial charge in [-0.25, -0.2) is 4.79 Å². The summed E-state index contributed by atoms with van der Waals surface area (Å²) in [4.78, 5) is 25.4. The van der Waals surface area contributed by atoms with E-state index in [1.165, 1.54) is 6.07 Å². The van der Waals surface area contributed by atoms with Crippen molar-refractivity contribution >= 4 is 17.6 Å². The van der Waals surface area contributed by atoms with Gasteiger partial charge in [-0.3, -0.25) is 4.79 Å². The van der Waals surface area contributed by atoms with E-state index in [0.29, 0.717) is 11.5 Å². The maximum absolute atomic E-state index is 11.8. The van der Waals surface area contributed by atoms with Crippen molar-refractivity contribution in [2.45, 2.75) is 13.8 Å². The third-order valence-electron chi connectivity index (χ3n) is 2.38. The molecule has 6 heteroatoms. The van der Waals surface area contributed by atoms with Gasteiger partial charge in [0.25, 0.3) is 5.91 Å². The predicted molar refractivity (Wildman–Crippen MR) is 63.9 cm³/mol. The lowest BCUT2D eigenvalue weighted by atomic mass is 10.3. The number of amides is 1. The summed E-state index contributed by atoms with van der Waals surface area (Å²) in [5.74, 6) is -0.856. The van der Waals surface area contributed by atoms with E-state index >= 15 is 0 Å². The average Bonchev–Trinajstić information content (AvgIpc) is 2.85. The molecule has 2 rings (SSSR count). The molecule has 0 fully saturated rings. The zero-order chi connectivity index (χ0) is 13.3. The number of aryl methyl sites for hydroxylation is 2. The molecule has 18 heavy (non-hydrogen) atoms. The molecule has 1 amide bonds. The molecular formula is C12H12N2O4. The summed E-state index contributed by atoms with van der Waals surface area (Å²) in [5, 5.41) is 11.5. The van der Waals surface area contributed by atoms with Gasteiger partial charge in [-0.2, -0.15) is 0 Å². The second-order valence-corrected chi connectivity index (χ2v) is 3.91. The van der Waals surface area contributed by atoms with Crippen molar-refractivity contribution in [2.24, 2.45) is 0 Å². The molecule has 2 aromatic heterocycles. The standard InChI is InChI=1S/C12H12N2O4/c1-6-5-8(10(13-6)12(16)17)14-11(15)9-4-3-7(2)18-9/h3-5,13H,1-2H3,(H,14,15)(H,16,17). The van der Waals surface area contributed by atoms with Gasteiger partial charge in [0.1, 0.15) is 11.5 Å². The molecule has 6 nitrogen and oxygen atoms in total. The van der Waals surface area contributed by atoms with Crippen molar-refractivity contribution in [2.75, 3.05) is 5.32 Å². The van der Waals surface area contributed by atoms with Gasteiger partial charge >= 0.3 is 5.97 Å². The van der Waals surface area contributed by atoms with Gasteiger partial charge in [0, 0.05) is 5.69 Å². The zero-order valence-corrected chi connectivity index (χ0v) is 9.90. The highest BCUT2D eigenvalue weighted by atomic mass is 16.4. The molecular weight excluding hydrogens is 236 g/mol. The Balaban J connectivity index is 2.24. The second kappa shape index (κ2) is 4.40. The SMILES string of the molecule is Cc1cc(NC(=O)c2ccc(C)o2)c(C(=O)O)[nH]1. The van der Waals surface area contributed by atoms with Crippen LogP contribution in [-0.4, -0.2) is 22.0 Å². The molecule has 0 aliphatic heterocycles. The number of aromatic amines is 1. The Morgan fingerprint density at radius 3 is 2.61 bits per heavy atom. The Hall–Kier alpha value is -2.50. The van der Waals surface area contributed by atoms with Crippen molar-refractivity contribution in [1.82, 2.24) is 4.98 Å². The number of carbonyl (C=O) groups excluding carboxylic acids is 1. The predicted octanol–water partition coefficient (Wildman–Crippen LogP) is 2.18. The molecule has 3 N–H and O–H groups in total. The van der Waals surface area contributed by atoms with E-state index in [0.717, 1.165) is 0 Å². The van der Waals surface area contributed by atoms with Crippen molar-refractivity contribution in [3.63, 3.8) is 0 Å². The molecule has 2 aromatic rings. The molecule has 0 unspecified atom stereocenters. The van der Waals surface area contributed by atoms with Crippen LogP contribution in [0.1, 0.15) is 32.5 Å². The monoisotopic (exact) mass is 248 g/mol. The summed E-state index contributed by atoms with van der Waals surface area (Å²) in [6.07, 6.45) is 0. The molecule has 0 aromatic carbocycles. The topological polar surface area (TPSA) is 95.3 Å². The first kappa shape index (κ1) is 12.0. The highest BCUT2D eigenvalue weighted by Crippen LogP contribution is 2.18. The maximum atomic E-state index is 11.8. The van der Waals surface area contributed by atoms with Gasteiger partial charge in [-0.15, -0.1) is 0 Å². The van der Waals surface area contributed by atoms with E-state index in [-0.39, 0.29) is 17.1 Å². The maximum Gasteiger partial charge on any atom is 0.354 e. The quantitative estimate of drug-likeness (QED) is 0.775. The third kappa shape index (κ3) is 2.27. The third-order valence-corrected chi connectivity index (χ3v) is 2.38. The molecule has 0 aliphatic carbocycles. The highest BCUT2D eigenvalue weighted by Gasteiger charge is 2.17. The number of rotatable bonds is 3. The molecule has 94 valence electrons. The van der Waals surface area contributed by atoms with E-state index in [1.807, 2.05) is 0 Å². The fourth-order valence-corrected chi connectivity index (χ4v) is 1.60. The molecule has 2 heterocycles. The lowest BCUT2D eigenvalue weighted by molar-refractivity contribution is 0.0692. The number of aromatic carboxylic acids is 1. The Bertz CT molecular complexity index is 609. The van der Waals surface area contributed by atoms with Crippen LogP contribution >= 0.6 is 0 Å². The number of furan rings is 1. The van der Waals surface area contributed by atoms with Crippen LogP contribution in [-0.2, 0) is 0 Å². The summed E-state index contributed by atoms with van der Waals surface area (Å²) in [6.45, 7) is 3.43. The van der Waals surface area contributed by atoms with E-state index < -0.39 is 11.9 Å². The zero-order valence-electron chi connectivity index (χ0n) is 9.90. The number of hydrogen-bond donors (Lipinski definition) is 3. The van der Waals surface area contributed by atoms with Crippen LogP contribution in [0.4, 0.5) is 5.69 Å². The van der Waals surface area contributed by atoms with Crippen LogP contribution in [0.25, 0.3) is 0 Å². The minimum atomic E-state index is -1.13. The summed E-state index contributed by atoms with van der Waals surface area (Å²) in [5.41, 5.74) is 0.821. The van der Waals surface area contributed by atoms with Crippen molar-refractivity contribution < 1.29 is 19.1 Å². The first-order valence-electron chi connectivity index (χ1n) is 5.28. The van der Waals surface area contributed by atoms with Crippen molar-refractivity contribution in [1.29, 1.82) is 0 Å². The lowest BCUT2D eigenvalue weighted by Gasteiger charge is -2.01. The number of hydrogen-bond acceptors (Lipinski definition) is 3. The summed E-state index contributed by atoms with van der Waals surface area (Å²) in [7, 11) is 0. The van der Waals surface area contributed by atoms with E-state index in [1.54, 1.807) is 26.0 Å². The Labute approximate surface area is 103 Å². The highest BCUT2D eigenvalue weighted by molar-refractivity contribution is 6.05. The fourth-order valence-electron chi connectivity index (χ4n) is 1.60. The van der Waals surface area contributed by atoms with Gasteiger partial charge in [-0.1, -0.05) is 0 Å². The first-order chi connectivity index (χ1) is 8.47. The van der Waals surface area contributed by atoms with Crippen LogP contribution in [0.2, 0.25) is 0 Å². The van der Waals surface area contributed by atoms with Crippen LogP contribution in [0, 0.1) is 13.8 Å². The summed E-state index contributed by atoms with van der Waals surface area (Å²) in [6, 6.07) is 4.75. The number of anilines is 1. The average molecular weight is 248 g/mol. The minimum absolute atomic E-state index is 0.0517. The second-order valence-electron chi connectivity index (χ2n) is 3.91.